The molecule has 2 N–H and O–H groups in total. The van der Waals surface area contributed by atoms with Crippen molar-refractivity contribution in [2.45, 2.75) is 53.1 Å². The van der Waals surface area contributed by atoms with E-state index in [9.17, 15) is 14.4 Å². The third-order valence-electron chi connectivity index (χ3n) is 3.31. The Labute approximate surface area is 124 Å². The number of rotatable bonds is 6. The third kappa shape index (κ3) is 4.73. The Bertz CT molecular complexity index is 578. The van der Waals surface area contributed by atoms with Crippen LogP contribution in [-0.4, -0.2) is 22.4 Å². The minimum absolute atomic E-state index is 0.0508. The van der Waals surface area contributed by atoms with Crippen LogP contribution in [0.3, 0.4) is 0 Å². The van der Waals surface area contributed by atoms with Crippen molar-refractivity contribution in [3.05, 3.63) is 28.2 Å². The maximum absolute atomic E-state index is 12.3. The van der Waals surface area contributed by atoms with E-state index in [2.05, 4.69) is 10.6 Å². The van der Waals surface area contributed by atoms with Crippen LogP contribution in [0.2, 0.25) is 0 Å². The number of hydrogen-bond acceptors (Lipinski definition) is 3. The zero-order chi connectivity index (χ0) is 16.0. The van der Waals surface area contributed by atoms with Crippen LogP contribution in [0, 0.1) is 6.92 Å². The summed E-state index contributed by atoms with van der Waals surface area (Å²) in [7, 11) is 0. The molecule has 0 aliphatic rings. The first-order valence-corrected chi connectivity index (χ1v) is 7.18. The molecule has 21 heavy (non-hydrogen) atoms. The molecule has 1 atom stereocenters. The van der Waals surface area contributed by atoms with Crippen LogP contribution in [0.1, 0.15) is 39.3 Å². The van der Waals surface area contributed by atoms with E-state index >= 15 is 0 Å². The maximum Gasteiger partial charge on any atom is 0.274 e. The molecular formula is C15H23N3O3. The molecule has 6 heteroatoms. The van der Waals surface area contributed by atoms with Gasteiger partial charge in [-0.2, -0.15) is 0 Å². The van der Waals surface area contributed by atoms with Crippen molar-refractivity contribution in [1.82, 2.24) is 9.88 Å². The van der Waals surface area contributed by atoms with Gasteiger partial charge in [0.15, 0.2) is 0 Å². The second kappa shape index (κ2) is 7.61. The molecule has 0 radical (unpaired) electrons. The number of carbonyl (C=O) groups is 2. The lowest BCUT2D eigenvalue weighted by Gasteiger charge is -2.15. The number of anilines is 1. The number of nitrogens with zero attached hydrogens (tertiary/aromatic N) is 1. The number of pyridine rings is 1. The van der Waals surface area contributed by atoms with Gasteiger partial charge >= 0.3 is 0 Å². The fraction of sp³-hybridized carbons (Fsp3) is 0.533. The molecule has 0 aromatic carbocycles. The molecule has 0 saturated carbocycles. The van der Waals surface area contributed by atoms with Gasteiger partial charge in [-0.25, -0.2) is 0 Å². The molecule has 1 aromatic rings. The smallest absolute Gasteiger partial charge is 0.274 e. The molecule has 0 saturated heterocycles. The molecule has 1 unspecified atom stereocenters. The Hall–Kier alpha value is -2.11. The highest BCUT2D eigenvalue weighted by atomic mass is 16.2. The molecular weight excluding hydrogens is 270 g/mol. The van der Waals surface area contributed by atoms with Crippen LogP contribution >= 0.6 is 0 Å². The zero-order valence-corrected chi connectivity index (χ0v) is 13.0. The van der Waals surface area contributed by atoms with E-state index in [1.807, 2.05) is 13.8 Å². The summed E-state index contributed by atoms with van der Waals surface area (Å²) in [6.45, 7) is 7.30. The monoisotopic (exact) mass is 293 g/mol. The van der Waals surface area contributed by atoms with Crippen molar-refractivity contribution in [2.24, 2.45) is 0 Å². The quantitative estimate of drug-likeness (QED) is 0.832. The molecule has 0 fully saturated rings. The Morgan fingerprint density at radius 1 is 1.24 bits per heavy atom. The van der Waals surface area contributed by atoms with E-state index in [4.69, 9.17) is 0 Å². The lowest BCUT2D eigenvalue weighted by molar-refractivity contribution is -0.122. The fourth-order valence-corrected chi connectivity index (χ4v) is 1.77. The van der Waals surface area contributed by atoms with Gasteiger partial charge in [-0.05, 0) is 32.4 Å². The molecule has 0 aliphatic carbocycles. The van der Waals surface area contributed by atoms with Crippen LogP contribution in [-0.2, 0) is 16.1 Å². The molecule has 1 heterocycles. The van der Waals surface area contributed by atoms with Crippen LogP contribution < -0.4 is 16.2 Å². The molecule has 2 amide bonds. The van der Waals surface area contributed by atoms with Crippen molar-refractivity contribution < 1.29 is 9.59 Å². The van der Waals surface area contributed by atoms with E-state index < -0.39 is 0 Å². The number of nitrogens with one attached hydrogen (secondary N) is 2. The number of aryl methyl sites for hydroxylation is 1. The Morgan fingerprint density at radius 3 is 2.48 bits per heavy atom. The zero-order valence-electron chi connectivity index (χ0n) is 13.0. The third-order valence-corrected chi connectivity index (χ3v) is 3.31. The van der Waals surface area contributed by atoms with Crippen molar-refractivity contribution >= 4 is 17.5 Å². The van der Waals surface area contributed by atoms with Gasteiger partial charge in [0, 0.05) is 18.2 Å². The van der Waals surface area contributed by atoms with Crippen LogP contribution in [0.5, 0.6) is 0 Å². The lowest BCUT2D eigenvalue weighted by Crippen LogP contribution is -2.38. The van der Waals surface area contributed by atoms with Gasteiger partial charge in [0.1, 0.15) is 12.2 Å². The van der Waals surface area contributed by atoms with Crippen molar-refractivity contribution in [3.63, 3.8) is 0 Å². The van der Waals surface area contributed by atoms with Crippen LogP contribution in [0.15, 0.2) is 16.9 Å². The summed E-state index contributed by atoms with van der Waals surface area (Å²) in [5.41, 5.74) is 0.508. The normalized spacial score (nSPS) is 11.8. The summed E-state index contributed by atoms with van der Waals surface area (Å²) in [4.78, 5) is 35.6. The van der Waals surface area contributed by atoms with Gasteiger partial charge in [0.25, 0.3) is 5.56 Å². The summed E-state index contributed by atoms with van der Waals surface area (Å²) in [6.07, 6.45) is 1.12. The van der Waals surface area contributed by atoms with Gasteiger partial charge in [-0.1, -0.05) is 13.8 Å². The molecule has 0 spiro atoms. The first-order valence-electron chi connectivity index (χ1n) is 7.18. The predicted octanol–water partition coefficient (Wildman–Crippen LogP) is 1.42. The molecule has 0 bridgehead atoms. The first-order chi connectivity index (χ1) is 9.88. The Balaban J connectivity index is 2.96. The highest BCUT2D eigenvalue weighted by Crippen LogP contribution is 2.04. The molecule has 1 rings (SSSR count). The van der Waals surface area contributed by atoms with E-state index in [-0.39, 0.29) is 35.6 Å². The summed E-state index contributed by atoms with van der Waals surface area (Å²) in [5, 5.41) is 5.37. The highest BCUT2D eigenvalue weighted by molar-refractivity contribution is 5.90. The van der Waals surface area contributed by atoms with E-state index in [1.165, 1.54) is 4.57 Å². The SMILES string of the molecule is CCC(=O)Nc1ccc(C)n(CC(=O)NC(C)CC)c1=O. The second-order valence-electron chi connectivity index (χ2n) is 5.06. The number of amides is 2. The molecule has 1 aromatic heterocycles. The standard InChI is InChI=1S/C15H23N3O3/c1-5-10(3)16-14(20)9-18-11(4)7-8-12(15(18)21)17-13(19)6-2/h7-8,10H,5-6,9H2,1-4H3,(H,16,20)(H,17,19). The van der Waals surface area contributed by atoms with Crippen molar-refractivity contribution in [2.75, 3.05) is 5.32 Å². The minimum atomic E-state index is -0.365. The van der Waals surface area contributed by atoms with Crippen molar-refractivity contribution in [3.8, 4) is 0 Å². The largest absolute Gasteiger partial charge is 0.352 e. The topological polar surface area (TPSA) is 80.2 Å². The van der Waals surface area contributed by atoms with Gasteiger partial charge in [-0.15, -0.1) is 0 Å². The van der Waals surface area contributed by atoms with Crippen LogP contribution in [0.4, 0.5) is 5.69 Å². The summed E-state index contributed by atoms with van der Waals surface area (Å²) in [5.74, 6) is -0.444. The van der Waals surface area contributed by atoms with E-state index in [0.717, 1.165) is 6.42 Å². The predicted molar refractivity (Wildman–Crippen MR) is 82.3 cm³/mol. The molecule has 6 nitrogen and oxygen atoms in total. The maximum atomic E-state index is 12.3. The lowest BCUT2D eigenvalue weighted by atomic mass is 10.2. The first kappa shape index (κ1) is 16.9. The van der Waals surface area contributed by atoms with Crippen LogP contribution in [0.25, 0.3) is 0 Å². The van der Waals surface area contributed by atoms with E-state index in [0.29, 0.717) is 12.1 Å². The van der Waals surface area contributed by atoms with Gasteiger partial charge in [0.05, 0.1) is 0 Å². The number of hydrogen-bond donors (Lipinski definition) is 2. The summed E-state index contributed by atoms with van der Waals surface area (Å²) in [6, 6.07) is 3.34. The Kier molecular flexibility index (Phi) is 6.14. The average molecular weight is 293 g/mol. The average Bonchev–Trinajstić information content (AvgIpc) is 2.46. The summed E-state index contributed by atoms with van der Waals surface area (Å²) >= 11 is 0. The fourth-order valence-electron chi connectivity index (χ4n) is 1.77. The van der Waals surface area contributed by atoms with Gasteiger partial charge in [-0.3, -0.25) is 14.4 Å². The molecule has 116 valence electrons. The number of aromatic nitrogens is 1. The van der Waals surface area contributed by atoms with Gasteiger partial charge < -0.3 is 15.2 Å². The minimum Gasteiger partial charge on any atom is -0.352 e. The summed E-state index contributed by atoms with van der Waals surface area (Å²) < 4.78 is 1.36. The van der Waals surface area contributed by atoms with E-state index in [1.54, 1.807) is 26.0 Å². The van der Waals surface area contributed by atoms with Crippen molar-refractivity contribution in [1.29, 1.82) is 0 Å². The molecule has 0 aliphatic heterocycles. The highest BCUT2D eigenvalue weighted by Gasteiger charge is 2.12. The number of carbonyl (C=O) groups excluding carboxylic acids is 2. The second-order valence-corrected chi connectivity index (χ2v) is 5.06. The Morgan fingerprint density at radius 2 is 1.90 bits per heavy atom. The van der Waals surface area contributed by atoms with Gasteiger partial charge in [0.2, 0.25) is 11.8 Å².